The van der Waals surface area contributed by atoms with Crippen LogP contribution in [0.25, 0.3) is 0 Å². The number of hydrogen-bond acceptors (Lipinski definition) is 5. The lowest BCUT2D eigenvalue weighted by molar-refractivity contribution is -0.131. The lowest BCUT2D eigenvalue weighted by Gasteiger charge is -2.17. The highest BCUT2D eigenvalue weighted by Gasteiger charge is 2.39. The Labute approximate surface area is 180 Å². The number of benzene rings is 2. The summed E-state index contributed by atoms with van der Waals surface area (Å²) < 4.78 is 10.7. The minimum atomic E-state index is -0.859. The van der Waals surface area contributed by atoms with Crippen LogP contribution in [-0.4, -0.2) is 43.0 Å². The number of aryl methyl sites for hydroxylation is 1. The standard InChI is InChI=1S/C23H25N3O5/c1-30-19-10-15-8-9-17(16(15)11-20(19)31-2)24-21(27)12-18-22(28)26(23(29)25-18)13-14-6-4-3-5-7-14/h3-7,10-11,17-18H,8-9,12-13H2,1-2H3,(H,24,27)(H,25,29)/t17?,18-/m0/s1. The molecular weight excluding hydrogens is 398 g/mol. The lowest BCUT2D eigenvalue weighted by atomic mass is 10.1. The fourth-order valence-electron chi connectivity index (χ4n) is 4.15. The monoisotopic (exact) mass is 423 g/mol. The first-order valence-electron chi connectivity index (χ1n) is 10.2. The van der Waals surface area contributed by atoms with Gasteiger partial charge in [-0.25, -0.2) is 4.79 Å². The van der Waals surface area contributed by atoms with Gasteiger partial charge in [-0.1, -0.05) is 30.3 Å². The maximum absolute atomic E-state index is 12.7. The molecule has 0 radical (unpaired) electrons. The number of nitrogens with zero attached hydrogens (tertiary/aromatic N) is 1. The van der Waals surface area contributed by atoms with Crippen molar-refractivity contribution >= 4 is 17.8 Å². The third-order valence-corrected chi connectivity index (χ3v) is 5.74. The molecule has 1 aliphatic carbocycles. The van der Waals surface area contributed by atoms with E-state index < -0.39 is 12.1 Å². The van der Waals surface area contributed by atoms with E-state index in [4.69, 9.17) is 9.47 Å². The average molecular weight is 423 g/mol. The zero-order valence-electron chi connectivity index (χ0n) is 17.5. The summed E-state index contributed by atoms with van der Waals surface area (Å²) in [6, 6.07) is 11.6. The van der Waals surface area contributed by atoms with Crippen LogP contribution in [0.5, 0.6) is 11.5 Å². The van der Waals surface area contributed by atoms with Gasteiger partial charge in [0.1, 0.15) is 6.04 Å². The molecule has 0 spiro atoms. The van der Waals surface area contributed by atoms with Crippen LogP contribution in [0, 0.1) is 0 Å². The summed E-state index contributed by atoms with van der Waals surface area (Å²) in [7, 11) is 3.16. The van der Waals surface area contributed by atoms with E-state index in [0.29, 0.717) is 11.5 Å². The molecule has 1 fully saturated rings. The van der Waals surface area contributed by atoms with E-state index in [0.717, 1.165) is 34.4 Å². The molecule has 0 aromatic heterocycles. The minimum absolute atomic E-state index is 0.102. The Kier molecular flexibility index (Phi) is 5.79. The van der Waals surface area contributed by atoms with Crippen LogP contribution in [0.15, 0.2) is 42.5 Å². The zero-order valence-corrected chi connectivity index (χ0v) is 17.5. The number of carbonyl (C=O) groups excluding carboxylic acids is 3. The van der Waals surface area contributed by atoms with E-state index in [1.807, 2.05) is 42.5 Å². The maximum Gasteiger partial charge on any atom is 0.325 e. The first-order valence-corrected chi connectivity index (χ1v) is 10.2. The first-order chi connectivity index (χ1) is 15.0. The zero-order chi connectivity index (χ0) is 22.0. The van der Waals surface area contributed by atoms with Crippen molar-refractivity contribution in [1.82, 2.24) is 15.5 Å². The number of fused-ring (bicyclic) bond motifs is 1. The summed E-state index contributed by atoms with van der Waals surface area (Å²) >= 11 is 0. The molecule has 2 aliphatic rings. The van der Waals surface area contributed by atoms with Crippen molar-refractivity contribution in [3.05, 3.63) is 59.2 Å². The highest BCUT2D eigenvalue weighted by Crippen LogP contribution is 2.39. The number of hydrogen-bond donors (Lipinski definition) is 2. The van der Waals surface area contributed by atoms with E-state index in [2.05, 4.69) is 10.6 Å². The minimum Gasteiger partial charge on any atom is -0.493 e. The van der Waals surface area contributed by atoms with Gasteiger partial charge in [0.25, 0.3) is 5.91 Å². The lowest BCUT2D eigenvalue weighted by Crippen LogP contribution is -2.37. The van der Waals surface area contributed by atoms with Gasteiger partial charge in [-0.05, 0) is 41.7 Å². The third-order valence-electron chi connectivity index (χ3n) is 5.74. The van der Waals surface area contributed by atoms with Crippen molar-refractivity contribution in [2.75, 3.05) is 14.2 Å². The van der Waals surface area contributed by atoms with E-state index in [9.17, 15) is 14.4 Å². The van der Waals surface area contributed by atoms with Crippen LogP contribution in [-0.2, 0) is 22.6 Å². The summed E-state index contributed by atoms with van der Waals surface area (Å²) in [5.41, 5.74) is 2.93. The normalized spacial score (nSPS) is 19.7. The predicted octanol–water partition coefficient (Wildman–Crippen LogP) is 2.32. The topological polar surface area (TPSA) is 97.0 Å². The molecule has 2 N–H and O–H groups in total. The molecular formula is C23H25N3O5. The van der Waals surface area contributed by atoms with Crippen molar-refractivity contribution in [3.8, 4) is 11.5 Å². The first kappa shape index (κ1) is 20.7. The van der Waals surface area contributed by atoms with E-state index in [1.54, 1.807) is 14.2 Å². The summed E-state index contributed by atoms with van der Waals surface area (Å²) in [6.45, 7) is 0.182. The Hall–Kier alpha value is -3.55. The van der Waals surface area contributed by atoms with Crippen LogP contribution in [0.4, 0.5) is 4.79 Å². The molecule has 0 bridgehead atoms. The largest absolute Gasteiger partial charge is 0.493 e. The second kappa shape index (κ2) is 8.67. The molecule has 162 valence electrons. The number of urea groups is 1. The quantitative estimate of drug-likeness (QED) is 0.667. The van der Waals surface area contributed by atoms with Gasteiger partial charge in [0.2, 0.25) is 5.91 Å². The summed E-state index contributed by atoms with van der Waals surface area (Å²) in [4.78, 5) is 38.8. The Morgan fingerprint density at radius 2 is 1.84 bits per heavy atom. The SMILES string of the molecule is COc1cc2c(cc1OC)C(NC(=O)C[C@@H]1NC(=O)N(Cc3ccccc3)C1=O)CC2. The van der Waals surface area contributed by atoms with Gasteiger partial charge in [-0.2, -0.15) is 0 Å². The Balaban J connectivity index is 1.39. The molecule has 2 aromatic carbocycles. The maximum atomic E-state index is 12.7. The number of carbonyl (C=O) groups is 3. The fraction of sp³-hybridized carbons (Fsp3) is 0.348. The Morgan fingerprint density at radius 1 is 1.13 bits per heavy atom. The summed E-state index contributed by atoms with van der Waals surface area (Å²) in [5.74, 6) is 0.596. The van der Waals surface area contributed by atoms with Crippen molar-refractivity contribution in [2.45, 2.75) is 37.9 Å². The molecule has 0 saturated carbocycles. The van der Waals surface area contributed by atoms with Crippen molar-refractivity contribution < 1.29 is 23.9 Å². The smallest absolute Gasteiger partial charge is 0.325 e. The highest BCUT2D eigenvalue weighted by atomic mass is 16.5. The van der Waals surface area contributed by atoms with Crippen LogP contribution in [0.1, 0.15) is 35.6 Å². The number of rotatable bonds is 7. The van der Waals surface area contributed by atoms with Crippen LogP contribution < -0.4 is 20.1 Å². The van der Waals surface area contributed by atoms with E-state index >= 15 is 0 Å². The molecule has 2 atom stereocenters. The Bertz CT molecular complexity index is 1010. The van der Waals surface area contributed by atoms with E-state index in [1.165, 1.54) is 0 Å². The number of amides is 4. The van der Waals surface area contributed by atoms with Crippen molar-refractivity contribution in [2.24, 2.45) is 0 Å². The number of ether oxygens (including phenoxy) is 2. The van der Waals surface area contributed by atoms with Gasteiger partial charge in [0.15, 0.2) is 11.5 Å². The van der Waals surface area contributed by atoms with Crippen molar-refractivity contribution in [1.29, 1.82) is 0 Å². The van der Waals surface area contributed by atoms with Crippen LogP contribution in [0.3, 0.4) is 0 Å². The molecule has 2 aromatic rings. The molecule has 1 unspecified atom stereocenters. The molecule has 1 heterocycles. The highest BCUT2D eigenvalue weighted by molar-refractivity contribution is 6.05. The van der Waals surface area contributed by atoms with Crippen LogP contribution >= 0.6 is 0 Å². The molecule has 4 rings (SSSR count). The van der Waals surface area contributed by atoms with Crippen LogP contribution in [0.2, 0.25) is 0 Å². The Morgan fingerprint density at radius 3 is 2.55 bits per heavy atom. The molecule has 31 heavy (non-hydrogen) atoms. The molecule has 8 heteroatoms. The number of nitrogens with one attached hydrogen (secondary N) is 2. The van der Waals surface area contributed by atoms with Crippen molar-refractivity contribution in [3.63, 3.8) is 0 Å². The number of imide groups is 1. The van der Waals surface area contributed by atoms with Gasteiger partial charge in [-0.3, -0.25) is 14.5 Å². The van der Waals surface area contributed by atoms with Gasteiger partial charge in [0, 0.05) is 0 Å². The average Bonchev–Trinajstić information content (AvgIpc) is 3.28. The second-order valence-corrected chi connectivity index (χ2v) is 7.68. The fourth-order valence-corrected chi connectivity index (χ4v) is 4.15. The van der Waals surface area contributed by atoms with Gasteiger partial charge in [0.05, 0.1) is 33.2 Å². The molecule has 4 amide bonds. The predicted molar refractivity (Wildman–Crippen MR) is 113 cm³/mol. The molecule has 1 aliphatic heterocycles. The summed E-state index contributed by atoms with van der Waals surface area (Å²) in [5, 5.41) is 5.62. The molecule has 1 saturated heterocycles. The third kappa shape index (κ3) is 4.19. The van der Waals surface area contributed by atoms with Gasteiger partial charge in [-0.15, -0.1) is 0 Å². The van der Waals surface area contributed by atoms with Gasteiger partial charge < -0.3 is 20.1 Å². The van der Waals surface area contributed by atoms with E-state index in [-0.39, 0.29) is 30.8 Å². The van der Waals surface area contributed by atoms with Gasteiger partial charge >= 0.3 is 6.03 Å². The number of methoxy groups -OCH3 is 2. The molecule has 8 nitrogen and oxygen atoms in total. The second-order valence-electron chi connectivity index (χ2n) is 7.68. The summed E-state index contributed by atoms with van der Waals surface area (Å²) in [6.07, 6.45) is 1.46.